The largest absolute Gasteiger partial charge is 0.495 e. The highest BCUT2D eigenvalue weighted by atomic mass is 35.5. The SMILES string of the molecule is COc1ccc(NC(=O)CNc2cccc(C(=O)NC(C)(C)C)c2)cc1Cl. The van der Waals surface area contributed by atoms with E-state index < -0.39 is 0 Å². The van der Waals surface area contributed by atoms with Crippen LogP contribution in [-0.4, -0.2) is 31.0 Å². The summed E-state index contributed by atoms with van der Waals surface area (Å²) < 4.78 is 5.08. The minimum absolute atomic E-state index is 0.0496. The van der Waals surface area contributed by atoms with Crippen molar-refractivity contribution in [1.82, 2.24) is 5.32 Å². The van der Waals surface area contributed by atoms with E-state index in [-0.39, 0.29) is 23.9 Å². The summed E-state index contributed by atoms with van der Waals surface area (Å²) in [5, 5.41) is 9.09. The fraction of sp³-hybridized carbons (Fsp3) is 0.300. The highest BCUT2D eigenvalue weighted by Gasteiger charge is 2.15. The second kappa shape index (κ2) is 8.77. The molecule has 0 saturated heterocycles. The van der Waals surface area contributed by atoms with Gasteiger partial charge in [-0.05, 0) is 57.2 Å². The standard InChI is InChI=1S/C20H24ClN3O3/c1-20(2,3)24-19(26)13-6-5-7-14(10-13)22-12-18(25)23-15-8-9-17(27-4)16(21)11-15/h5-11,22H,12H2,1-4H3,(H,23,25)(H,24,26). The third-order valence-corrected chi connectivity index (χ3v) is 3.80. The minimum Gasteiger partial charge on any atom is -0.495 e. The van der Waals surface area contributed by atoms with E-state index in [4.69, 9.17) is 16.3 Å². The molecule has 6 nitrogen and oxygen atoms in total. The number of hydrogen-bond acceptors (Lipinski definition) is 4. The van der Waals surface area contributed by atoms with E-state index in [1.54, 1.807) is 42.5 Å². The van der Waals surface area contributed by atoms with Crippen molar-refractivity contribution in [1.29, 1.82) is 0 Å². The molecule has 0 aliphatic rings. The molecule has 0 saturated carbocycles. The van der Waals surface area contributed by atoms with E-state index in [1.807, 2.05) is 20.8 Å². The Bertz CT molecular complexity index is 831. The first-order valence-corrected chi connectivity index (χ1v) is 8.85. The maximum absolute atomic E-state index is 12.2. The first-order valence-electron chi connectivity index (χ1n) is 8.48. The van der Waals surface area contributed by atoms with Crippen LogP contribution in [0.2, 0.25) is 5.02 Å². The van der Waals surface area contributed by atoms with Gasteiger partial charge in [0.25, 0.3) is 5.91 Å². The van der Waals surface area contributed by atoms with Crippen LogP contribution >= 0.6 is 11.6 Å². The molecular formula is C20H24ClN3O3. The van der Waals surface area contributed by atoms with Crippen LogP contribution in [0.1, 0.15) is 31.1 Å². The summed E-state index contributed by atoms with van der Waals surface area (Å²) in [5.41, 5.74) is 1.46. The lowest BCUT2D eigenvalue weighted by Crippen LogP contribution is -2.40. The summed E-state index contributed by atoms with van der Waals surface area (Å²) in [6.07, 6.45) is 0. The topological polar surface area (TPSA) is 79.5 Å². The Labute approximate surface area is 164 Å². The number of carbonyl (C=O) groups is 2. The molecule has 0 heterocycles. The zero-order valence-corrected chi connectivity index (χ0v) is 16.6. The van der Waals surface area contributed by atoms with Gasteiger partial charge < -0.3 is 20.7 Å². The number of carbonyl (C=O) groups excluding carboxylic acids is 2. The van der Waals surface area contributed by atoms with Crippen LogP contribution in [0.5, 0.6) is 5.75 Å². The van der Waals surface area contributed by atoms with Crippen LogP contribution in [-0.2, 0) is 4.79 Å². The Morgan fingerprint density at radius 1 is 1.07 bits per heavy atom. The van der Waals surface area contributed by atoms with E-state index in [1.165, 1.54) is 7.11 Å². The molecule has 2 aromatic rings. The Morgan fingerprint density at radius 3 is 2.44 bits per heavy atom. The van der Waals surface area contributed by atoms with Gasteiger partial charge in [0.05, 0.1) is 18.7 Å². The second-order valence-corrected chi connectivity index (χ2v) is 7.44. The van der Waals surface area contributed by atoms with Crippen LogP contribution in [0.15, 0.2) is 42.5 Å². The Morgan fingerprint density at radius 2 is 1.81 bits per heavy atom. The molecular weight excluding hydrogens is 366 g/mol. The van der Waals surface area contributed by atoms with Crippen molar-refractivity contribution in [2.45, 2.75) is 26.3 Å². The van der Waals surface area contributed by atoms with Crippen LogP contribution in [0.4, 0.5) is 11.4 Å². The van der Waals surface area contributed by atoms with Gasteiger partial charge in [-0.1, -0.05) is 17.7 Å². The highest BCUT2D eigenvalue weighted by molar-refractivity contribution is 6.32. The molecule has 0 aliphatic carbocycles. The third-order valence-electron chi connectivity index (χ3n) is 3.50. The normalized spacial score (nSPS) is 10.9. The van der Waals surface area contributed by atoms with Crippen LogP contribution in [0, 0.1) is 0 Å². The zero-order valence-electron chi connectivity index (χ0n) is 15.9. The van der Waals surface area contributed by atoms with Gasteiger partial charge in [-0.3, -0.25) is 9.59 Å². The van der Waals surface area contributed by atoms with Crippen molar-refractivity contribution >= 4 is 34.8 Å². The number of methoxy groups -OCH3 is 1. The van der Waals surface area contributed by atoms with Gasteiger partial charge in [0.2, 0.25) is 5.91 Å². The van der Waals surface area contributed by atoms with Gasteiger partial charge in [-0.2, -0.15) is 0 Å². The number of ether oxygens (including phenoxy) is 1. The maximum atomic E-state index is 12.2. The minimum atomic E-state index is -0.319. The smallest absolute Gasteiger partial charge is 0.251 e. The monoisotopic (exact) mass is 389 g/mol. The Kier molecular flexibility index (Phi) is 6.69. The van der Waals surface area contributed by atoms with Gasteiger partial charge in [-0.15, -0.1) is 0 Å². The number of amides is 2. The summed E-state index contributed by atoms with van der Waals surface area (Å²) >= 11 is 6.05. The molecule has 27 heavy (non-hydrogen) atoms. The molecule has 0 aromatic heterocycles. The summed E-state index contributed by atoms with van der Waals surface area (Å²) in [6, 6.07) is 12.0. The number of benzene rings is 2. The molecule has 2 rings (SSSR count). The average Bonchev–Trinajstić information content (AvgIpc) is 2.59. The summed E-state index contributed by atoms with van der Waals surface area (Å²) in [4.78, 5) is 24.4. The molecule has 7 heteroatoms. The maximum Gasteiger partial charge on any atom is 0.251 e. The lowest BCUT2D eigenvalue weighted by atomic mass is 10.1. The van der Waals surface area contributed by atoms with Crippen molar-refractivity contribution < 1.29 is 14.3 Å². The molecule has 2 amide bonds. The van der Waals surface area contributed by atoms with Crippen LogP contribution in [0.25, 0.3) is 0 Å². The number of halogens is 1. The predicted octanol–water partition coefficient (Wildman–Crippen LogP) is 3.93. The number of nitrogens with one attached hydrogen (secondary N) is 3. The number of hydrogen-bond donors (Lipinski definition) is 3. The van der Waals surface area contributed by atoms with Crippen molar-refractivity contribution in [2.24, 2.45) is 0 Å². The molecule has 0 atom stereocenters. The first-order chi connectivity index (χ1) is 12.7. The van der Waals surface area contributed by atoms with Crippen molar-refractivity contribution in [3.8, 4) is 5.75 Å². The lowest BCUT2D eigenvalue weighted by Gasteiger charge is -2.20. The summed E-state index contributed by atoms with van der Waals surface area (Å²) in [6.45, 7) is 5.81. The van der Waals surface area contributed by atoms with Crippen molar-refractivity contribution in [2.75, 3.05) is 24.3 Å². The molecule has 3 N–H and O–H groups in total. The first kappa shape index (κ1) is 20.6. The summed E-state index contributed by atoms with van der Waals surface area (Å²) in [7, 11) is 1.53. The van der Waals surface area contributed by atoms with Gasteiger partial charge in [-0.25, -0.2) is 0 Å². The zero-order chi connectivity index (χ0) is 20.0. The molecule has 144 valence electrons. The molecule has 0 unspecified atom stereocenters. The molecule has 0 radical (unpaired) electrons. The molecule has 0 bridgehead atoms. The lowest BCUT2D eigenvalue weighted by molar-refractivity contribution is -0.114. The van der Waals surface area contributed by atoms with Crippen LogP contribution in [0.3, 0.4) is 0 Å². The molecule has 0 aliphatic heterocycles. The van der Waals surface area contributed by atoms with Gasteiger partial charge in [0, 0.05) is 22.5 Å². The van der Waals surface area contributed by atoms with Crippen molar-refractivity contribution in [3.63, 3.8) is 0 Å². The van der Waals surface area contributed by atoms with E-state index in [0.717, 1.165) is 0 Å². The Hall–Kier alpha value is -2.73. The predicted molar refractivity (Wildman–Crippen MR) is 109 cm³/mol. The molecule has 0 fully saturated rings. The van der Waals surface area contributed by atoms with Crippen LogP contribution < -0.4 is 20.7 Å². The van der Waals surface area contributed by atoms with E-state index >= 15 is 0 Å². The van der Waals surface area contributed by atoms with Gasteiger partial charge in [0.15, 0.2) is 0 Å². The second-order valence-electron chi connectivity index (χ2n) is 7.04. The number of rotatable bonds is 6. The van der Waals surface area contributed by atoms with E-state index in [0.29, 0.717) is 27.7 Å². The average molecular weight is 390 g/mol. The molecule has 0 spiro atoms. The van der Waals surface area contributed by atoms with Gasteiger partial charge in [0.1, 0.15) is 5.75 Å². The van der Waals surface area contributed by atoms with E-state index in [9.17, 15) is 9.59 Å². The Balaban J connectivity index is 1.94. The third kappa shape index (κ3) is 6.49. The summed E-state index contributed by atoms with van der Waals surface area (Å²) in [5.74, 6) is 0.141. The van der Waals surface area contributed by atoms with Crippen molar-refractivity contribution in [3.05, 3.63) is 53.1 Å². The fourth-order valence-corrected chi connectivity index (χ4v) is 2.57. The van der Waals surface area contributed by atoms with Gasteiger partial charge >= 0.3 is 0 Å². The molecule has 2 aromatic carbocycles. The van der Waals surface area contributed by atoms with E-state index in [2.05, 4.69) is 16.0 Å². The number of anilines is 2. The highest BCUT2D eigenvalue weighted by Crippen LogP contribution is 2.27. The fourth-order valence-electron chi connectivity index (χ4n) is 2.31. The quantitative estimate of drug-likeness (QED) is 0.699.